The highest BCUT2D eigenvalue weighted by atomic mass is 15.1. The number of nitrogens with zero attached hydrogens (tertiary/aromatic N) is 1. The molecule has 1 aliphatic rings. The highest BCUT2D eigenvalue weighted by Gasteiger charge is 2.18. The van der Waals surface area contributed by atoms with E-state index in [0.717, 1.165) is 5.70 Å². The zero-order valence-corrected chi connectivity index (χ0v) is 9.96. The molecule has 0 saturated heterocycles. The minimum Gasteiger partial charge on any atom is -0.351 e. The molecule has 1 rings (SSSR count). The Morgan fingerprint density at radius 3 is 2.00 bits per heavy atom. The predicted molar refractivity (Wildman–Crippen MR) is 62.7 cm³/mol. The van der Waals surface area contributed by atoms with Gasteiger partial charge in [0.2, 0.25) is 0 Å². The Bertz CT molecular complexity index is 292. The summed E-state index contributed by atoms with van der Waals surface area (Å²) in [6.07, 6.45) is 4.42. The van der Waals surface area contributed by atoms with Crippen molar-refractivity contribution in [3.8, 4) is 0 Å². The van der Waals surface area contributed by atoms with Crippen LogP contribution >= 0.6 is 0 Å². The second-order valence-electron chi connectivity index (χ2n) is 4.60. The first-order valence-electron chi connectivity index (χ1n) is 5.29. The first-order chi connectivity index (χ1) is 6.43. The topological polar surface area (TPSA) is 3.24 Å². The molecule has 1 heterocycles. The lowest BCUT2D eigenvalue weighted by Crippen LogP contribution is -2.18. The average molecular weight is 191 g/mol. The summed E-state index contributed by atoms with van der Waals surface area (Å²) >= 11 is 0. The number of likely N-dealkylation sites (N-methyl/N-ethyl adjacent to an activating group) is 1. The molecule has 78 valence electrons. The summed E-state index contributed by atoms with van der Waals surface area (Å²) in [5.41, 5.74) is 3.95. The van der Waals surface area contributed by atoms with Crippen molar-refractivity contribution in [1.82, 2.24) is 4.90 Å². The molecule has 0 amide bonds. The Morgan fingerprint density at radius 2 is 1.57 bits per heavy atom. The first-order valence-corrected chi connectivity index (χ1v) is 5.29. The summed E-state index contributed by atoms with van der Waals surface area (Å²) in [5, 5.41) is 0. The normalized spacial score (nSPS) is 17.6. The lowest BCUT2D eigenvalue weighted by atomic mass is 9.86. The standard InChI is InChI=1S/C13H21N/c1-9(2)12-7-11(5)14(6)8-13(12)10(3)4/h7-10H,5H2,1-4,6H3. The Labute approximate surface area is 87.8 Å². The van der Waals surface area contributed by atoms with Crippen molar-refractivity contribution in [3.05, 3.63) is 35.7 Å². The Balaban J connectivity index is 3.07. The summed E-state index contributed by atoms with van der Waals surface area (Å²) in [5.74, 6) is 1.16. The van der Waals surface area contributed by atoms with Crippen LogP contribution in [0.15, 0.2) is 35.7 Å². The molecule has 14 heavy (non-hydrogen) atoms. The molecule has 0 aromatic carbocycles. The van der Waals surface area contributed by atoms with Gasteiger partial charge >= 0.3 is 0 Å². The molecule has 0 atom stereocenters. The van der Waals surface area contributed by atoms with Gasteiger partial charge in [0.15, 0.2) is 0 Å². The van der Waals surface area contributed by atoms with Crippen LogP contribution in [0, 0.1) is 11.8 Å². The van der Waals surface area contributed by atoms with Crippen LogP contribution in [-0.4, -0.2) is 11.9 Å². The SMILES string of the molecule is C=C1C=C(C(C)C)C(C(C)C)=CN1C. The third-order valence-corrected chi connectivity index (χ3v) is 2.69. The molecular formula is C13H21N. The fourth-order valence-corrected chi connectivity index (χ4v) is 1.71. The van der Waals surface area contributed by atoms with E-state index in [1.807, 2.05) is 0 Å². The highest BCUT2D eigenvalue weighted by molar-refractivity contribution is 5.42. The number of hydrogen-bond acceptors (Lipinski definition) is 1. The van der Waals surface area contributed by atoms with Crippen LogP contribution in [0.5, 0.6) is 0 Å². The lowest BCUT2D eigenvalue weighted by Gasteiger charge is -2.28. The molecule has 0 bridgehead atoms. The van der Waals surface area contributed by atoms with Crippen molar-refractivity contribution in [2.24, 2.45) is 11.8 Å². The first kappa shape index (κ1) is 11.1. The third-order valence-electron chi connectivity index (χ3n) is 2.69. The molecule has 1 aliphatic heterocycles. The maximum Gasteiger partial charge on any atom is 0.0333 e. The highest BCUT2D eigenvalue weighted by Crippen LogP contribution is 2.31. The summed E-state index contributed by atoms with van der Waals surface area (Å²) in [6.45, 7) is 13.0. The summed E-state index contributed by atoms with van der Waals surface area (Å²) in [6, 6.07) is 0. The van der Waals surface area contributed by atoms with Gasteiger partial charge in [0.25, 0.3) is 0 Å². The van der Waals surface area contributed by atoms with Crippen LogP contribution in [-0.2, 0) is 0 Å². The maximum absolute atomic E-state index is 4.03. The van der Waals surface area contributed by atoms with E-state index >= 15 is 0 Å². The van der Waals surface area contributed by atoms with Gasteiger partial charge in [-0.2, -0.15) is 0 Å². The minimum atomic E-state index is 0.578. The summed E-state index contributed by atoms with van der Waals surface area (Å²) in [7, 11) is 2.05. The smallest absolute Gasteiger partial charge is 0.0333 e. The van der Waals surface area contributed by atoms with Crippen molar-refractivity contribution >= 4 is 0 Å². The van der Waals surface area contributed by atoms with E-state index in [0.29, 0.717) is 11.8 Å². The second kappa shape index (κ2) is 4.04. The van der Waals surface area contributed by atoms with Gasteiger partial charge in [0.1, 0.15) is 0 Å². The summed E-state index contributed by atoms with van der Waals surface area (Å²) < 4.78 is 0. The van der Waals surface area contributed by atoms with E-state index in [1.165, 1.54) is 11.1 Å². The van der Waals surface area contributed by atoms with Gasteiger partial charge in [-0.25, -0.2) is 0 Å². The second-order valence-corrected chi connectivity index (χ2v) is 4.60. The molecule has 1 heteroatoms. The van der Waals surface area contributed by atoms with Gasteiger partial charge in [-0.3, -0.25) is 0 Å². The molecule has 0 saturated carbocycles. The fourth-order valence-electron chi connectivity index (χ4n) is 1.71. The molecule has 0 aliphatic carbocycles. The molecule has 0 unspecified atom stereocenters. The summed E-state index contributed by atoms with van der Waals surface area (Å²) in [4.78, 5) is 2.10. The van der Waals surface area contributed by atoms with Gasteiger partial charge < -0.3 is 4.90 Å². The van der Waals surface area contributed by atoms with Crippen LogP contribution < -0.4 is 0 Å². The molecule has 0 fully saturated rings. The number of allylic oxidation sites excluding steroid dienone is 3. The molecule has 1 nitrogen and oxygen atoms in total. The van der Waals surface area contributed by atoms with Crippen LogP contribution in [0.4, 0.5) is 0 Å². The van der Waals surface area contributed by atoms with Gasteiger partial charge in [-0.15, -0.1) is 0 Å². The zero-order valence-electron chi connectivity index (χ0n) is 9.96. The molecular weight excluding hydrogens is 170 g/mol. The van der Waals surface area contributed by atoms with Crippen molar-refractivity contribution in [2.45, 2.75) is 27.7 Å². The van der Waals surface area contributed by atoms with Gasteiger partial charge in [-0.05, 0) is 29.1 Å². The minimum absolute atomic E-state index is 0.578. The van der Waals surface area contributed by atoms with Crippen LogP contribution in [0.1, 0.15) is 27.7 Å². The molecule has 0 N–H and O–H groups in total. The zero-order chi connectivity index (χ0) is 10.9. The largest absolute Gasteiger partial charge is 0.351 e. The van der Waals surface area contributed by atoms with Gasteiger partial charge in [0.05, 0.1) is 0 Å². The van der Waals surface area contributed by atoms with Crippen LogP contribution in [0.25, 0.3) is 0 Å². The van der Waals surface area contributed by atoms with Crippen molar-refractivity contribution in [2.75, 3.05) is 7.05 Å². The molecule has 0 aromatic heterocycles. The van der Waals surface area contributed by atoms with E-state index in [9.17, 15) is 0 Å². The van der Waals surface area contributed by atoms with E-state index in [1.54, 1.807) is 0 Å². The maximum atomic E-state index is 4.03. The number of hydrogen-bond donors (Lipinski definition) is 0. The van der Waals surface area contributed by atoms with Gasteiger partial charge in [0, 0.05) is 18.9 Å². The molecule has 0 spiro atoms. The average Bonchev–Trinajstić information content (AvgIpc) is 2.08. The third kappa shape index (κ3) is 2.09. The Kier molecular flexibility index (Phi) is 3.20. The molecule has 0 radical (unpaired) electrons. The van der Waals surface area contributed by atoms with E-state index in [-0.39, 0.29) is 0 Å². The van der Waals surface area contributed by atoms with Crippen molar-refractivity contribution in [3.63, 3.8) is 0 Å². The van der Waals surface area contributed by atoms with E-state index < -0.39 is 0 Å². The van der Waals surface area contributed by atoms with Gasteiger partial charge in [-0.1, -0.05) is 34.3 Å². The fraction of sp³-hybridized carbons (Fsp3) is 0.538. The molecule has 0 aromatic rings. The van der Waals surface area contributed by atoms with E-state index in [4.69, 9.17) is 0 Å². The van der Waals surface area contributed by atoms with Crippen LogP contribution in [0.3, 0.4) is 0 Å². The quantitative estimate of drug-likeness (QED) is 0.645. The van der Waals surface area contributed by atoms with Crippen LogP contribution in [0.2, 0.25) is 0 Å². The predicted octanol–water partition coefficient (Wildman–Crippen LogP) is 3.57. The lowest BCUT2D eigenvalue weighted by molar-refractivity contribution is 0.549. The van der Waals surface area contributed by atoms with E-state index in [2.05, 4.69) is 58.5 Å². The number of rotatable bonds is 2. The monoisotopic (exact) mass is 191 g/mol. The Morgan fingerprint density at radius 1 is 1.07 bits per heavy atom. The Hall–Kier alpha value is -0.980. The van der Waals surface area contributed by atoms with Crippen molar-refractivity contribution in [1.29, 1.82) is 0 Å². The van der Waals surface area contributed by atoms with Crippen molar-refractivity contribution < 1.29 is 0 Å².